The molecule has 28 heavy (non-hydrogen) atoms. The van der Waals surface area contributed by atoms with E-state index in [2.05, 4.69) is 15.6 Å². The van der Waals surface area contributed by atoms with Crippen molar-refractivity contribution in [2.24, 2.45) is 0 Å². The Bertz CT molecular complexity index is 1000. The standard InChI is InChI=1S/C20H18ClN3O3S/c1-12-3-8-17(27-2)16(9-12)23-18(25)10-15-11-28-20(22-15)24-19(26)13-4-6-14(21)7-5-13/h3-9,11H,10H2,1-2H3,(H,23,25)(H,22,24,26). The summed E-state index contributed by atoms with van der Waals surface area (Å²) in [5.74, 6) is 0.0874. The number of methoxy groups -OCH3 is 1. The monoisotopic (exact) mass is 415 g/mol. The van der Waals surface area contributed by atoms with E-state index < -0.39 is 0 Å². The van der Waals surface area contributed by atoms with E-state index in [1.54, 1.807) is 42.8 Å². The minimum absolute atomic E-state index is 0.0877. The number of aryl methyl sites for hydroxylation is 1. The fraction of sp³-hybridized carbons (Fsp3) is 0.150. The number of hydrogen-bond donors (Lipinski definition) is 2. The number of amides is 2. The normalized spacial score (nSPS) is 10.4. The first-order valence-electron chi connectivity index (χ1n) is 8.40. The second-order valence-corrected chi connectivity index (χ2v) is 7.33. The minimum atomic E-state index is -0.286. The Kier molecular flexibility index (Phi) is 6.28. The van der Waals surface area contributed by atoms with Crippen LogP contribution in [0.1, 0.15) is 21.6 Å². The molecule has 0 bridgehead atoms. The summed E-state index contributed by atoms with van der Waals surface area (Å²) in [6.07, 6.45) is 0.0877. The van der Waals surface area contributed by atoms with E-state index in [4.69, 9.17) is 16.3 Å². The number of halogens is 1. The molecule has 1 heterocycles. The molecule has 0 spiro atoms. The van der Waals surface area contributed by atoms with E-state index in [1.165, 1.54) is 11.3 Å². The molecule has 0 fully saturated rings. The van der Waals surface area contributed by atoms with Gasteiger partial charge in [-0.25, -0.2) is 4.98 Å². The van der Waals surface area contributed by atoms with Gasteiger partial charge < -0.3 is 10.1 Å². The van der Waals surface area contributed by atoms with E-state index in [9.17, 15) is 9.59 Å². The Hall–Kier alpha value is -2.90. The second-order valence-electron chi connectivity index (χ2n) is 6.03. The zero-order valence-corrected chi connectivity index (χ0v) is 16.9. The first-order chi connectivity index (χ1) is 13.4. The lowest BCUT2D eigenvalue weighted by Crippen LogP contribution is -2.16. The number of benzene rings is 2. The van der Waals surface area contributed by atoms with Gasteiger partial charge in [0.1, 0.15) is 5.75 Å². The molecule has 3 aromatic rings. The molecule has 2 aromatic carbocycles. The number of nitrogens with zero attached hydrogens (tertiary/aromatic N) is 1. The molecule has 0 atom stereocenters. The van der Waals surface area contributed by atoms with Gasteiger partial charge in [0.2, 0.25) is 5.91 Å². The maximum Gasteiger partial charge on any atom is 0.257 e. The summed E-state index contributed by atoms with van der Waals surface area (Å²) in [5, 5.41) is 8.28. The largest absolute Gasteiger partial charge is 0.495 e. The van der Waals surface area contributed by atoms with Gasteiger partial charge in [-0.05, 0) is 48.9 Å². The fourth-order valence-electron chi connectivity index (χ4n) is 2.49. The zero-order valence-electron chi connectivity index (χ0n) is 15.3. The number of ether oxygens (including phenoxy) is 1. The Morgan fingerprint density at radius 3 is 2.61 bits per heavy atom. The highest BCUT2D eigenvalue weighted by Crippen LogP contribution is 2.25. The molecule has 0 unspecified atom stereocenters. The van der Waals surface area contributed by atoms with Gasteiger partial charge in [-0.2, -0.15) is 0 Å². The van der Waals surface area contributed by atoms with Gasteiger partial charge in [0, 0.05) is 16.0 Å². The molecule has 2 amide bonds. The summed E-state index contributed by atoms with van der Waals surface area (Å²) in [5.41, 5.74) is 2.67. The van der Waals surface area contributed by atoms with Crippen molar-refractivity contribution in [2.45, 2.75) is 13.3 Å². The van der Waals surface area contributed by atoms with Gasteiger partial charge in [-0.15, -0.1) is 11.3 Å². The summed E-state index contributed by atoms with van der Waals surface area (Å²) < 4.78 is 5.26. The summed E-state index contributed by atoms with van der Waals surface area (Å²) >= 11 is 7.09. The zero-order chi connectivity index (χ0) is 20.1. The molecule has 0 aliphatic rings. The molecular weight excluding hydrogens is 398 g/mol. The third kappa shape index (κ3) is 5.09. The average Bonchev–Trinajstić information content (AvgIpc) is 3.09. The van der Waals surface area contributed by atoms with Gasteiger partial charge in [0.25, 0.3) is 5.91 Å². The van der Waals surface area contributed by atoms with Crippen LogP contribution in [0.4, 0.5) is 10.8 Å². The van der Waals surface area contributed by atoms with Gasteiger partial charge in [-0.1, -0.05) is 17.7 Å². The van der Waals surface area contributed by atoms with Crippen LogP contribution in [0.5, 0.6) is 5.75 Å². The minimum Gasteiger partial charge on any atom is -0.495 e. The van der Waals surface area contributed by atoms with Crippen molar-refractivity contribution >= 4 is 45.6 Å². The van der Waals surface area contributed by atoms with Gasteiger partial charge in [0.15, 0.2) is 5.13 Å². The molecule has 0 saturated heterocycles. The van der Waals surface area contributed by atoms with Crippen molar-refractivity contribution in [1.82, 2.24) is 4.98 Å². The predicted octanol–water partition coefficient (Wildman–Crippen LogP) is 4.55. The Morgan fingerprint density at radius 1 is 1.14 bits per heavy atom. The Morgan fingerprint density at radius 2 is 1.89 bits per heavy atom. The summed E-state index contributed by atoms with van der Waals surface area (Å²) in [4.78, 5) is 28.9. The Balaban J connectivity index is 1.61. The van der Waals surface area contributed by atoms with Crippen LogP contribution in [0, 0.1) is 6.92 Å². The number of anilines is 2. The van der Waals surface area contributed by atoms with Gasteiger partial charge in [0.05, 0.1) is 24.9 Å². The summed E-state index contributed by atoms with van der Waals surface area (Å²) in [6, 6.07) is 12.1. The van der Waals surface area contributed by atoms with Crippen LogP contribution >= 0.6 is 22.9 Å². The van der Waals surface area contributed by atoms with Crippen LogP contribution in [0.2, 0.25) is 5.02 Å². The van der Waals surface area contributed by atoms with E-state index >= 15 is 0 Å². The molecule has 6 nitrogen and oxygen atoms in total. The highest BCUT2D eigenvalue weighted by molar-refractivity contribution is 7.14. The van der Waals surface area contributed by atoms with Gasteiger partial charge in [-0.3, -0.25) is 14.9 Å². The van der Waals surface area contributed by atoms with Crippen LogP contribution in [0.25, 0.3) is 0 Å². The lowest BCUT2D eigenvalue weighted by molar-refractivity contribution is -0.115. The highest BCUT2D eigenvalue weighted by Gasteiger charge is 2.13. The highest BCUT2D eigenvalue weighted by atomic mass is 35.5. The van der Waals surface area contributed by atoms with E-state index in [-0.39, 0.29) is 18.2 Å². The van der Waals surface area contributed by atoms with Crippen molar-refractivity contribution in [3.8, 4) is 5.75 Å². The Labute approximate surface area is 171 Å². The third-order valence-corrected chi connectivity index (χ3v) is 4.91. The lowest BCUT2D eigenvalue weighted by atomic mass is 10.2. The molecule has 0 radical (unpaired) electrons. The maximum atomic E-state index is 12.3. The van der Waals surface area contributed by atoms with E-state index in [1.807, 2.05) is 19.1 Å². The van der Waals surface area contributed by atoms with Crippen LogP contribution in [-0.2, 0) is 11.2 Å². The topological polar surface area (TPSA) is 80.3 Å². The molecule has 0 aliphatic heterocycles. The predicted molar refractivity (Wildman–Crippen MR) is 112 cm³/mol. The van der Waals surface area contributed by atoms with Crippen molar-refractivity contribution in [3.63, 3.8) is 0 Å². The molecule has 0 saturated carbocycles. The van der Waals surface area contributed by atoms with Crippen molar-refractivity contribution < 1.29 is 14.3 Å². The summed E-state index contributed by atoms with van der Waals surface area (Å²) in [6.45, 7) is 1.94. The molecule has 3 rings (SSSR count). The lowest BCUT2D eigenvalue weighted by Gasteiger charge is -2.10. The van der Waals surface area contributed by atoms with Crippen molar-refractivity contribution in [2.75, 3.05) is 17.7 Å². The number of nitrogens with one attached hydrogen (secondary N) is 2. The average molecular weight is 416 g/mol. The number of aromatic nitrogens is 1. The first-order valence-corrected chi connectivity index (χ1v) is 9.66. The fourth-order valence-corrected chi connectivity index (χ4v) is 3.33. The van der Waals surface area contributed by atoms with E-state index in [0.717, 1.165) is 5.56 Å². The molecular formula is C20H18ClN3O3S. The molecule has 1 aromatic heterocycles. The van der Waals surface area contributed by atoms with Crippen LogP contribution in [0.3, 0.4) is 0 Å². The smallest absolute Gasteiger partial charge is 0.257 e. The van der Waals surface area contributed by atoms with Gasteiger partial charge >= 0.3 is 0 Å². The summed E-state index contributed by atoms with van der Waals surface area (Å²) in [7, 11) is 1.55. The number of thiazole rings is 1. The van der Waals surface area contributed by atoms with Crippen molar-refractivity contribution in [1.29, 1.82) is 0 Å². The van der Waals surface area contributed by atoms with Crippen LogP contribution < -0.4 is 15.4 Å². The third-order valence-electron chi connectivity index (χ3n) is 3.85. The molecule has 8 heteroatoms. The SMILES string of the molecule is COc1ccc(C)cc1NC(=O)Cc1csc(NC(=O)c2ccc(Cl)cc2)n1. The number of rotatable bonds is 6. The molecule has 0 aliphatic carbocycles. The number of hydrogen-bond acceptors (Lipinski definition) is 5. The van der Waals surface area contributed by atoms with Crippen LogP contribution in [-0.4, -0.2) is 23.9 Å². The first kappa shape index (κ1) is 19.9. The van der Waals surface area contributed by atoms with Crippen molar-refractivity contribution in [3.05, 3.63) is 69.7 Å². The number of carbonyl (C=O) groups is 2. The number of carbonyl (C=O) groups excluding carboxylic acids is 2. The van der Waals surface area contributed by atoms with E-state index in [0.29, 0.717) is 32.8 Å². The molecule has 144 valence electrons. The second kappa shape index (κ2) is 8.86. The molecule has 2 N–H and O–H groups in total. The quantitative estimate of drug-likeness (QED) is 0.619. The maximum absolute atomic E-state index is 12.3. The van der Waals surface area contributed by atoms with Crippen LogP contribution in [0.15, 0.2) is 47.8 Å².